The summed E-state index contributed by atoms with van der Waals surface area (Å²) in [6.45, 7) is 1.94. The summed E-state index contributed by atoms with van der Waals surface area (Å²) in [4.78, 5) is 4.14. The Morgan fingerprint density at radius 2 is 2.25 bits per heavy atom. The highest BCUT2D eigenvalue weighted by Crippen LogP contribution is 2.41. The third-order valence-corrected chi connectivity index (χ3v) is 6.18. The van der Waals surface area contributed by atoms with Gasteiger partial charge in [-0.2, -0.15) is 9.36 Å². The van der Waals surface area contributed by atoms with Crippen molar-refractivity contribution in [3.63, 3.8) is 0 Å². The number of nitrogens with zero attached hydrogens (tertiary/aromatic N) is 3. The van der Waals surface area contributed by atoms with E-state index in [0.29, 0.717) is 29.6 Å². The van der Waals surface area contributed by atoms with Gasteiger partial charge in [0.15, 0.2) is 21.5 Å². The lowest BCUT2D eigenvalue weighted by atomic mass is 10.5. The predicted octanol–water partition coefficient (Wildman–Crippen LogP) is 0.965. The molecule has 2 aromatic rings. The molecule has 3 rings (SSSR count). The molecule has 2 heterocycles. The van der Waals surface area contributed by atoms with Gasteiger partial charge < -0.3 is 15.6 Å². The molecule has 108 valence electrons. The van der Waals surface area contributed by atoms with Crippen molar-refractivity contribution in [2.45, 2.75) is 36.5 Å². The Kier molecular flexibility index (Phi) is 3.13. The van der Waals surface area contributed by atoms with Crippen LogP contribution in [0.25, 0.3) is 0 Å². The van der Waals surface area contributed by atoms with Crippen LogP contribution in [0.3, 0.4) is 0 Å². The lowest BCUT2D eigenvalue weighted by Crippen LogP contribution is -2.11. The molecule has 0 atom stereocenters. The van der Waals surface area contributed by atoms with Crippen LogP contribution in [0.2, 0.25) is 0 Å². The molecule has 10 heteroatoms. The lowest BCUT2D eigenvalue weighted by molar-refractivity contribution is 0.388. The van der Waals surface area contributed by atoms with Gasteiger partial charge >= 0.3 is 0 Å². The smallest absolute Gasteiger partial charge is 0.223 e. The number of anilines is 2. The Hall–Kier alpha value is -1.68. The van der Waals surface area contributed by atoms with Gasteiger partial charge in [0.05, 0.1) is 11.8 Å². The topological polar surface area (TPSA) is 124 Å². The second kappa shape index (κ2) is 4.70. The number of nitrogen functional groups attached to an aromatic ring is 1. The van der Waals surface area contributed by atoms with Crippen molar-refractivity contribution in [1.82, 2.24) is 14.5 Å². The van der Waals surface area contributed by atoms with Gasteiger partial charge in [-0.1, -0.05) is 5.16 Å². The van der Waals surface area contributed by atoms with Crippen LogP contribution in [0.4, 0.5) is 10.8 Å². The maximum atomic E-state index is 12.3. The third-order valence-electron chi connectivity index (χ3n) is 2.90. The van der Waals surface area contributed by atoms with E-state index >= 15 is 0 Å². The summed E-state index contributed by atoms with van der Waals surface area (Å²) < 4.78 is 33.4. The van der Waals surface area contributed by atoms with E-state index in [0.717, 1.165) is 11.5 Å². The zero-order valence-electron chi connectivity index (χ0n) is 10.7. The van der Waals surface area contributed by atoms with E-state index in [9.17, 15) is 8.42 Å². The van der Waals surface area contributed by atoms with Gasteiger partial charge in [0.25, 0.3) is 0 Å². The van der Waals surface area contributed by atoms with Gasteiger partial charge in [-0.05, 0) is 24.4 Å². The second-order valence-electron chi connectivity index (χ2n) is 4.55. The van der Waals surface area contributed by atoms with Crippen molar-refractivity contribution >= 4 is 32.2 Å². The maximum absolute atomic E-state index is 12.3. The Morgan fingerprint density at radius 1 is 1.50 bits per heavy atom. The summed E-state index contributed by atoms with van der Waals surface area (Å²) in [6.07, 6.45) is 1.36. The van der Waals surface area contributed by atoms with E-state index in [1.54, 1.807) is 6.92 Å². The van der Waals surface area contributed by atoms with Crippen molar-refractivity contribution in [3.8, 4) is 0 Å². The molecule has 0 spiro atoms. The van der Waals surface area contributed by atoms with Gasteiger partial charge in [0, 0.05) is 6.92 Å². The molecule has 0 radical (unpaired) electrons. The van der Waals surface area contributed by atoms with Gasteiger partial charge in [0.2, 0.25) is 5.89 Å². The summed E-state index contributed by atoms with van der Waals surface area (Å²) in [6, 6.07) is 0. The number of rotatable bonds is 5. The highest BCUT2D eigenvalue weighted by Gasteiger charge is 2.40. The van der Waals surface area contributed by atoms with Crippen LogP contribution in [0.1, 0.15) is 24.6 Å². The van der Waals surface area contributed by atoms with Gasteiger partial charge in [-0.15, -0.1) is 0 Å². The predicted molar refractivity (Wildman–Crippen MR) is 73.1 cm³/mol. The summed E-state index contributed by atoms with van der Waals surface area (Å²) in [7, 11) is -3.39. The van der Waals surface area contributed by atoms with Crippen LogP contribution in [0, 0.1) is 6.92 Å². The zero-order chi connectivity index (χ0) is 14.3. The highest BCUT2D eigenvalue weighted by molar-refractivity contribution is 7.92. The molecule has 1 aliphatic rings. The summed E-state index contributed by atoms with van der Waals surface area (Å²) >= 11 is 1.02. The lowest BCUT2D eigenvalue weighted by Gasteiger charge is -2.05. The molecule has 0 bridgehead atoms. The molecule has 1 fully saturated rings. The standard InChI is InChI=1S/C10H13N5O3S2/c1-5-13-7(14-18-5)4-12-10-8(9(11)15-19-10)20(16,17)6-2-3-6/h6,12H,2-4H2,1H3,(H2,11,15). The van der Waals surface area contributed by atoms with Crippen molar-refractivity contribution in [2.75, 3.05) is 11.1 Å². The summed E-state index contributed by atoms with van der Waals surface area (Å²) in [5.74, 6) is 0.953. The number of hydrogen-bond acceptors (Lipinski definition) is 9. The van der Waals surface area contributed by atoms with Crippen molar-refractivity contribution < 1.29 is 12.9 Å². The summed E-state index contributed by atoms with van der Waals surface area (Å²) in [5, 5.41) is 6.80. The quantitative estimate of drug-likeness (QED) is 0.836. The molecule has 0 amide bonds. The Bertz CT molecular complexity index is 732. The van der Waals surface area contributed by atoms with Crippen LogP contribution in [-0.2, 0) is 16.4 Å². The number of aryl methyl sites for hydroxylation is 1. The monoisotopic (exact) mass is 315 g/mol. The molecule has 0 saturated heterocycles. The van der Waals surface area contributed by atoms with Gasteiger partial charge in [-0.25, -0.2) is 8.42 Å². The molecule has 1 aliphatic carbocycles. The minimum absolute atomic E-state index is 0.0497. The van der Waals surface area contributed by atoms with Crippen molar-refractivity contribution in [3.05, 3.63) is 11.7 Å². The molecular formula is C10H13N5O3S2. The Labute approximate surface area is 119 Å². The van der Waals surface area contributed by atoms with Crippen molar-refractivity contribution in [1.29, 1.82) is 0 Å². The third kappa shape index (κ3) is 2.36. The minimum atomic E-state index is -3.39. The fourth-order valence-electron chi connectivity index (χ4n) is 1.80. The average molecular weight is 315 g/mol. The van der Waals surface area contributed by atoms with E-state index in [2.05, 4.69) is 19.8 Å². The molecule has 1 saturated carbocycles. The molecule has 3 N–H and O–H groups in total. The average Bonchev–Trinajstić information content (AvgIpc) is 3.08. The van der Waals surface area contributed by atoms with Crippen LogP contribution in [-0.4, -0.2) is 28.2 Å². The number of hydrogen-bond donors (Lipinski definition) is 2. The van der Waals surface area contributed by atoms with E-state index in [1.165, 1.54) is 0 Å². The van der Waals surface area contributed by atoms with E-state index in [1.807, 2.05) is 0 Å². The number of aromatic nitrogens is 3. The molecular weight excluding hydrogens is 302 g/mol. The Balaban J connectivity index is 1.84. The first-order valence-corrected chi connectivity index (χ1v) is 8.32. The number of sulfone groups is 1. The van der Waals surface area contributed by atoms with E-state index in [4.69, 9.17) is 10.3 Å². The van der Waals surface area contributed by atoms with Crippen LogP contribution < -0.4 is 11.1 Å². The first kappa shape index (κ1) is 13.3. The number of nitrogens with two attached hydrogens (primary N) is 1. The van der Waals surface area contributed by atoms with E-state index < -0.39 is 9.84 Å². The second-order valence-corrected chi connectivity index (χ2v) is 7.49. The molecule has 0 aromatic carbocycles. The SMILES string of the molecule is Cc1nc(CNc2snc(N)c2S(=O)(=O)C2CC2)no1. The largest absolute Gasteiger partial charge is 0.382 e. The minimum Gasteiger partial charge on any atom is -0.382 e. The normalized spacial score (nSPS) is 15.4. The highest BCUT2D eigenvalue weighted by atomic mass is 32.2. The fraction of sp³-hybridized carbons (Fsp3) is 0.500. The zero-order valence-corrected chi connectivity index (χ0v) is 12.3. The fourth-order valence-corrected chi connectivity index (χ4v) is 4.68. The molecule has 0 unspecified atom stereocenters. The van der Waals surface area contributed by atoms with Crippen molar-refractivity contribution in [2.24, 2.45) is 0 Å². The Morgan fingerprint density at radius 3 is 2.85 bits per heavy atom. The first-order valence-electron chi connectivity index (χ1n) is 6.00. The van der Waals surface area contributed by atoms with Crippen LogP contribution in [0.5, 0.6) is 0 Å². The molecule has 8 nitrogen and oxygen atoms in total. The molecule has 0 aliphatic heterocycles. The molecule has 2 aromatic heterocycles. The summed E-state index contributed by atoms with van der Waals surface area (Å²) in [5.41, 5.74) is 5.70. The van der Waals surface area contributed by atoms with Crippen LogP contribution in [0.15, 0.2) is 9.42 Å². The van der Waals surface area contributed by atoms with Gasteiger partial charge in [-0.3, -0.25) is 0 Å². The maximum Gasteiger partial charge on any atom is 0.223 e. The van der Waals surface area contributed by atoms with Gasteiger partial charge in [0.1, 0.15) is 9.90 Å². The number of nitrogens with one attached hydrogen (secondary N) is 1. The first-order chi connectivity index (χ1) is 9.48. The van der Waals surface area contributed by atoms with Crippen LogP contribution >= 0.6 is 11.5 Å². The van der Waals surface area contributed by atoms with E-state index in [-0.39, 0.29) is 22.5 Å². The molecule has 20 heavy (non-hydrogen) atoms.